The predicted molar refractivity (Wildman–Crippen MR) is 78.8 cm³/mol. The van der Waals surface area contributed by atoms with Gasteiger partial charge in [0.25, 0.3) is 0 Å². The molecule has 0 aliphatic rings. The number of anilines is 2. The molecule has 0 radical (unpaired) electrons. The largest absolute Gasteiger partial charge is 0.395 e. The van der Waals surface area contributed by atoms with Crippen molar-refractivity contribution in [2.45, 2.75) is 6.92 Å². The van der Waals surface area contributed by atoms with E-state index < -0.39 is 0 Å². The summed E-state index contributed by atoms with van der Waals surface area (Å²) in [4.78, 5) is 6.30. The van der Waals surface area contributed by atoms with Crippen LogP contribution < -0.4 is 10.6 Å². The van der Waals surface area contributed by atoms with Gasteiger partial charge in [0, 0.05) is 18.5 Å². The fourth-order valence-corrected chi connectivity index (χ4v) is 3.26. The first kappa shape index (κ1) is 14.2. The van der Waals surface area contributed by atoms with Crippen LogP contribution in [0.15, 0.2) is 5.38 Å². The molecule has 4 N–H and O–H groups in total. The molecule has 8 heteroatoms. The molecule has 0 aromatic carbocycles. The van der Waals surface area contributed by atoms with Gasteiger partial charge in [-0.25, -0.2) is 4.98 Å². The third-order valence-corrected chi connectivity index (χ3v) is 4.30. The van der Waals surface area contributed by atoms with Crippen LogP contribution >= 0.6 is 22.9 Å². The number of nitrogens with zero attached hydrogens (tertiary/aromatic N) is 3. The first-order chi connectivity index (χ1) is 9.17. The number of hydrogen-bond donors (Lipinski definition) is 3. The van der Waals surface area contributed by atoms with E-state index in [0.717, 1.165) is 21.3 Å². The van der Waals surface area contributed by atoms with Gasteiger partial charge in [-0.15, -0.1) is 11.3 Å². The molecule has 0 bridgehead atoms. The van der Waals surface area contributed by atoms with Crippen LogP contribution in [0.3, 0.4) is 0 Å². The molecule has 0 saturated heterocycles. The van der Waals surface area contributed by atoms with Gasteiger partial charge in [0.1, 0.15) is 10.8 Å². The van der Waals surface area contributed by atoms with Crippen molar-refractivity contribution in [2.24, 2.45) is 0 Å². The lowest BCUT2D eigenvalue weighted by Gasteiger charge is -2.21. The van der Waals surface area contributed by atoms with Crippen LogP contribution in [0.5, 0.6) is 0 Å². The van der Waals surface area contributed by atoms with Gasteiger partial charge >= 0.3 is 0 Å². The quantitative estimate of drug-likeness (QED) is 0.735. The maximum absolute atomic E-state index is 9.11. The van der Waals surface area contributed by atoms with Gasteiger partial charge in [-0.2, -0.15) is 4.37 Å². The summed E-state index contributed by atoms with van der Waals surface area (Å²) in [6, 6.07) is 0. The number of nitrogen functional groups attached to an aromatic ring is 1. The molecule has 2 rings (SSSR count). The molecule has 0 amide bonds. The fraction of sp³-hybridized carbons (Fsp3) is 0.455. The lowest BCUT2D eigenvalue weighted by atomic mass is 10.2. The van der Waals surface area contributed by atoms with E-state index in [1.165, 1.54) is 11.5 Å². The zero-order valence-corrected chi connectivity index (χ0v) is 12.2. The van der Waals surface area contributed by atoms with Crippen molar-refractivity contribution >= 4 is 33.7 Å². The molecule has 0 unspecified atom stereocenters. The summed E-state index contributed by atoms with van der Waals surface area (Å²) in [5, 5.41) is 22.0. The summed E-state index contributed by atoms with van der Waals surface area (Å²) in [5.41, 5.74) is 7.51. The molecular weight excluding hydrogens is 284 g/mol. The number of thiazole rings is 1. The SMILES string of the molecule is Cc1nc(-c2c(N)nsc2N(CCO)CCO)cs1. The molecule has 104 valence electrons. The normalized spacial score (nSPS) is 10.9. The summed E-state index contributed by atoms with van der Waals surface area (Å²) in [5.74, 6) is 0.436. The minimum atomic E-state index is 0.00728. The Labute approximate surface area is 119 Å². The lowest BCUT2D eigenvalue weighted by Crippen LogP contribution is -2.29. The minimum absolute atomic E-state index is 0.00728. The van der Waals surface area contributed by atoms with Crippen LogP contribution in [0.4, 0.5) is 10.8 Å². The van der Waals surface area contributed by atoms with Gasteiger partial charge in [-0.05, 0) is 18.5 Å². The van der Waals surface area contributed by atoms with Crippen molar-refractivity contribution in [1.29, 1.82) is 0 Å². The van der Waals surface area contributed by atoms with Crippen LogP contribution in [0.25, 0.3) is 11.3 Å². The van der Waals surface area contributed by atoms with Crippen molar-refractivity contribution < 1.29 is 10.2 Å². The Hall–Kier alpha value is -1.22. The van der Waals surface area contributed by atoms with E-state index in [4.69, 9.17) is 15.9 Å². The van der Waals surface area contributed by atoms with Crippen LogP contribution in [0, 0.1) is 6.92 Å². The second-order valence-corrected chi connectivity index (χ2v) is 5.75. The number of rotatable bonds is 6. The molecule has 0 spiro atoms. The van der Waals surface area contributed by atoms with E-state index in [9.17, 15) is 0 Å². The summed E-state index contributed by atoms with van der Waals surface area (Å²) in [6.07, 6.45) is 0. The average Bonchev–Trinajstić information content (AvgIpc) is 2.95. The van der Waals surface area contributed by atoms with Crippen LogP contribution in [-0.4, -0.2) is 45.9 Å². The molecule has 0 saturated carbocycles. The first-order valence-electron chi connectivity index (χ1n) is 5.81. The number of nitrogens with two attached hydrogens (primary N) is 1. The van der Waals surface area contributed by atoms with Gasteiger partial charge in [-0.1, -0.05) is 0 Å². The Balaban J connectivity index is 2.40. The van der Waals surface area contributed by atoms with E-state index >= 15 is 0 Å². The third-order valence-electron chi connectivity index (χ3n) is 2.60. The highest BCUT2D eigenvalue weighted by molar-refractivity contribution is 7.11. The monoisotopic (exact) mass is 300 g/mol. The molecule has 0 fully saturated rings. The highest BCUT2D eigenvalue weighted by Gasteiger charge is 2.20. The van der Waals surface area contributed by atoms with Crippen LogP contribution in [-0.2, 0) is 0 Å². The first-order valence-corrected chi connectivity index (χ1v) is 7.47. The zero-order chi connectivity index (χ0) is 13.8. The number of aliphatic hydroxyl groups is 2. The molecule has 2 aromatic heterocycles. The number of aromatic nitrogens is 2. The predicted octanol–water partition coefficient (Wildman–Crippen LogP) is 0.948. The number of hydrogen-bond acceptors (Lipinski definition) is 8. The van der Waals surface area contributed by atoms with Crippen molar-refractivity contribution in [1.82, 2.24) is 9.36 Å². The molecule has 6 nitrogen and oxygen atoms in total. The van der Waals surface area contributed by atoms with Crippen LogP contribution in [0.2, 0.25) is 0 Å². The molecule has 0 aliphatic heterocycles. The van der Waals surface area contributed by atoms with Crippen LogP contribution in [0.1, 0.15) is 5.01 Å². The average molecular weight is 300 g/mol. The molecule has 19 heavy (non-hydrogen) atoms. The second-order valence-electron chi connectivity index (χ2n) is 3.93. The van der Waals surface area contributed by atoms with E-state index in [1.807, 2.05) is 17.2 Å². The number of aryl methyl sites for hydroxylation is 1. The molecule has 0 aliphatic carbocycles. The Morgan fingerprint density at radius 2 is 2.00 bits per heavy atom. The van der Waals surface area contributed by atoms with E-state index in [1.54, 1.807) is 11.3 Å². The lowest BCUT2D eigenvalue weighted by molar-refractivity contribution is 0.281. The van der Waals surface area contributed by atoms with Crippen molar-refractivity contribution in [3.8, 4) is 11.3 Å². The summed E-state index contributed by atoms with van der Waals surface area (Å²) in [7, 11) is 0. The highest BCUT2D eigenvalue weighted by atomic mass is 32.1. The van der Waals surface area contributed by atoms with E-state index in [2.05, 4.69) is 9.36 Å². The highest BCUT2D eigenvalue weighted by Crippen LogP contribution is 2.39. The maximum atomic E-state index is 9.11. The minimum Gasteiger partial charge on any atom is -0.395 e. The molecule has 0 atom stereocenters. The summed E-state index contributed by atoms with van der Waals surface area (Å²) in [6.45, 7) is 2.81. The van der Waals surface area contributed by atoms with Crippen molar-refractivity contribution in [3.05, 3.63) is 10.4 Å². The topological polar surface area (TPSA) is 95.5 Å². The molecule has 2 aromatic rings. The van der Waals surface area contributed by atoms with Gasteiger partial charge < -0.3 is 20.8 Å². The van der Waals surface area contributed by atoms with Crippen molar-refractivity contribution in [3.63, 3.8) is 0 Å². The second kappa shape index (κ2) is 6.29. The van der Waals surface area contributed by atoms with Crippen molar-refractivity contribution in [2.75, 3.05) is 36.9 Å². The maximum Gasteiger partial charge on any atom is 0.148 e. The number of aliphatic hydroxyl groups excluding tert-OH is 2. The van der Waals surface area contributed by atoms with Gasteiger partial charge in [0.15, 0.2) is 0 Å². The third kappa shape index (κ3) is 3.03. The summed E-state index contributed by atoms with van der Waals surface area (Å²) < 4.78 is 4.17. The molecule has 2 heterocycles. The summed E-state index contributed by atoms with van der Waals surface area (Å²) >= 11 is 2.81. The molecular formula is C11H16N4O2S2. The van der Waals surface area contributed by atoms with Gasteiger partial charge in [-0.3, -0.25) is 0 Å². The van der Waals surface area contributed by atoms with Gasteiger partial charge in [0.2, 0.25) is 0 Å². The van der Waals surface area contributed by atoms with Gasteiger partial charge in [0.05, 0.1) is 29.5 Å². The smallest absolute Gasteiger partial charge is 0.148 e. The van der Waals surface area contributed by atoms with E-state index in [0.29, 0.717) is 18.9 Å². The fourth-order valence-electron chi connectivity index (χ4n) is 1.78. The Kier molecular flexibility index (Phi) is 4.70. The zero-order valence-electron chi connectivity index (χ0n) is 10.5. The Morgan fingerprint density at radius 3 is 2.53 bits per heavy atom. The van der Waals surface area contributed by atoms with E-state index in [-0.39, 0.29) is 13.2 Å². The Bertz CT molecular complexity index is 535. The standard InChI is InChI=1S/C11H16N4O2S2/c1-7-13-8(6-18-7)9-10(12)14-19-11(9)15(2-4-16)3-5-17/h6,16-17H,2-5H2,1H3,(H2,12,14). The Morgan fingerprint density at radius 1 is 1.32 bits per heavy atom.